The van der Waals surface area contributed by atoms with E-state index in [0.29, 0.717) is 11.3 Å². The first-order chi connectivity index (χ1) is 9.80. The standard InChI is InChI=1S/C15H19F2NO2S/c1-9(21-13-6-3-10(16)7-12(13)17)8-15(2,14(19)20)18-11-4-5-11/h3,6-7,9,11,18H,4-5,8H2,1-2H3,(H,19,20). The minimum absolute atomic E-state index is 0.114. The summed E-state index contributed by atoms with van der Waals surface area (Å²) < 4.78 is 26.5. The van der Waals surface area contributed by atoms with Crippen molar-refractivity contribution in [3.63, 3.8) is 0 Å². The number of nitrogens with one attached hydrogen (secondary N) is 1. The van der Waals surface area contributed by atoms with E-state index in [2.05, 4.69) is 5.32 Å². The Labute approximate surface area is 127 Å². The van der Waals surface area contributed by atoms with Gasteiger partial charge in [-0.1, -0.05) is 6.92 Å². The molecule has 21 heavy (non-hydrogen) atoms. The van der Waals surface area contributed by atoms with Crippen LogP contribution in [0.15, 0.2) is 23.1 Å². The topological polar surface area (TPSA) is 49.3 Å². The van der Waals surface area contributed by atoms with Crippen LogP contribution >= 0.6 is 11.8 Å². The lowest BCUT2D eigenvalue weighted by atomic mass is 9.96. The fraction of sp³-hybridized carbons (Fsp3) is 0.533. The van der Waals surface area contributed by atoms with Gasteiger partial charge in [-0.2, -0.15) is 0 Å². The Hall–Kier alpha value is -1.14. The molecule has 0 spiro atoms. The summed E-state index contributed by atoms with van der Waals surface area (Å²) in [6.07, 6.45) is 2.36. The second-order valence-electron chi connectivity index (χ2n) is 5.76. The summed E-state index contributed by atoms with van der Waals surface area (Å²) in [4.78, 5) is 11.8. The summed E-state index contributed by atoms with van der Waals surface area (Å²) in [5, 5.41) is 12.4. The minimum Gasteiger partial charge on any atom is -0.480 e. The highest BCUT2D eigenvalue weighted by atomic mass is 32.2. The first-order valence-electron chi connectivity index (χ1n) is 6.93. The molecule has 0 aliphatic heterocycles. The van der Waals surface area contributed by atoms with Crippen LogP contribution in [0.25, 0.3) is 0 Å². The van der Waals surface area contributed by atoms with Crippen molar-refractivity contribution < 1.29 is 18.7 Å². The third-order valence-electron chi connectivity index (χ3n) is 3.49. The van der Waals surface area contributed by atoms with E-state index in [1.54, 1.807) is 6.92 Å². The van der Waals surface area contributed by atoms with Crippen molar-refractivity contribution in [2.45, 2.75) is 54.8 Å². The summed E-state index contributed by atoms with van der Waals surface area (Å²) in [7, 11) is 0. The summed E-state index contributed by atoms with van der Waals surface area (Å²) in [6.45, 7) is 3.51. The van der Waals surface area contributed by atoms with Crippen LogP contribution in [0.4, 0.5) is 8.78 Å². The highest BCUT2D eigenvalue weighted by Crippen LogP contribution is 2.32. The number of aliphatic carboxylic acids is 1. The Kier molecular flexibility index (Phi) is 4.88. The Bertz CT molecular complexity index is 536. The van der Waals surface area contributed by atoms with Gasteiger partial charge in [-0.25, -0.2) is 8.78 Å². The van der Waals surface area contributed by atoms with Crippen LogP contribution in [0, 0.1) is 11.6 Å². The zero-order chi connectivity index (χ0) is 15.6. The molecule has 1 saturated carbocycles. The van der Waals surface area contributed by atoms with Crippen LogP contribution in [0.5, 0.6) is 0 Å². The van der Waals surface area contributed by atoms with E-state index in [9.17, 15) is 18.7 Å². The summed E-state index contributed by atoms with van der Waals surface area (Å²) in [5.74, 6) is -2.13. The maximum absolute atomic E-state index is 13.6. The first-order valence-corrected chi connectivity index (χ1v) is 7.81. The van der Waals surface area contributed by atoms with Crippen molar-refractivity contribution in [1.29, 1.82) is 0 Å². The van der Waals surface area contributed by atoms with Crippen molar-refractivity contribution in [3.05, 3.63) is 29.8 Å². The maximum Gasteiger partial charge on any atom is 0.323 e. The van der Waals surface area contributed by atoms with E-state index < -0.39 is 23.1 Å². The monoisotopic (exact) mass is 315 g/mol. The number of thioether (sulfide) groups is 1. The van der Waals surface area contributed by atoms with Crippen LogP contribution < -0.4 is 5.32 Å². The van der Waals surface area contributed by atoms with Gasteiger partial charge >= 0.3 is 5.97 Å². The predicted octanol–water partition coefficient (Wildman–Crippen LogP) is 3.43. The molecule has 0 heterocycles. The van der Waals surface area contributed by atoms with Gasteiger partial charge in [0.1, 0.15) is 17.2 Å². The minimum atomic E-state index is -1.02. The predicted molar refractivity (Wildman–Crippen MR) is 78.5 cm³/mol. The molecule has 0 aromatic heterocycles. The highest BCUT2D eigenvalue weighted by molar-refractivity contribution is 8.00. The molecule has 1 aromatic carbocycles. The molecule has 0 saturated heterocycles. The normalized spacial score (nSPS) is 19.0. The van der Waals surface area contributed by atoms with Crippen LogP contribution in [0.3, 0.4) is 0 Å². The van der Waals surface area contributed by atoms with Crippen molar-refractivity contribution in [2.24, 2.45) is 0 Å². The van der Waals surface area contributed by atoms with E-state index in [0.717, 1.165) is 18.9 Å². The fourth-order valence-electron chi connectivity index (χ4n) is 2.29. The lowest BCUT2D eigenvalue weighted by molar-refractivity contribution is -0.144. The van der Waals surface area contributed by atoms with E-state index in [1.807, 2.05) is 6.92 Å². The van der Waals surface area contributed by atoms with E-state index >= 15 is 0 Å². The molecule has 0 bridgehead atoms. The SMILES string of the molecule is CC(CC(C)(NC1CC1)C(=O)O)Sc1ccc(F)cc1F. The molecule has 0 radical (unpaired) electrons. The number of hydrogen-bond acceptors (Lipinski definition) is 3. The molecule has 116 valence electrons. The van der Waals surface area contributed by atoms with Gasteiger partial charge in [0.2, 0.25) is 0 Å². The second-order valence-corrected chi connectivity index (χ2v) is 7.24. The summed E-state index contributed by atoms with van der Waals surface area (Å²) in [5.41, 5.74) is -1.02. The van der Waals surface area contributed by atoms with Crippen LogP contribution in [0.2, 0.25) is 0 Å². The Morgan fingerprint density at radius 2 is 2.19 bits per heavy atom. The summed E-state index contributed by atoms with van der Waals surface area (Å²) in [6, 6.07) is 3.70. The Balaban J connectivity index is 2.01. The molecule has 6 heteroatoms. The van der Waals surface area contributed by atoms with Crippen molar-refractivity contribution in [3.8, 4) is 0 Å². The molecule has 2 unspecified atom stereocenters. The van der Waals surface area contributed by atoms with Gasteiger partial charge in [-0.3, -0.25) is 10.1 Å². The molecule has 1 aromatic rings. The van der Waals surface area contributed by atoms with Gasteiger partial charge in [0.25, 0.3) is 0 Å². The van der Waals surface area contributed by atoms with Gasteiger partial charge in [0.05, 0.1) is 0 Å². The molecule has 2 N–H and O–H groups in total. The molecule has 2 atom stereocenters. The number of carboxylic acid groups (broad SMARTS) is 1. The summed E-state index contributed by atoms with van der Waals surface area (Å²) >= 11 is 1.23. The number of halogens is 2. The van der Waals surface area contributed by atoms with Gasteiger partial charge in [-0.05, 0) is 38.3 Å². The number of rotatable bonds is 7. The van der Waals surface area contributed by atoms with E-state index in [4.69, 9.17) is 0 Å². The number of carboxylic acids is 1. The molecule has 1 aliphatic rings. The molecule has 2 rings (SSSR count). The third kappa shape index (κ3) is 4.41. The average molecular weight is 315 g/mol. The molecule has 1 aliphatic carbocycles. The largest absolute Gasteiger partial charge is 0.480 e. The Morgan fingerprint density at radius 1 is 1.52 bits per heavy atom. The van der Waals surface area contributed by atoms with Gasteiger partial charge in [0.15, 0.2) is 0 Å². The van der Waals surface area contributed by atoms with Gasteiger partial charge in [0, 0.05) is 22.3 Å². The highest BCUT2D eigenvalue weighted by Gasteiger charge is 2.39. The number of carbonyl (C=O) groups is 1. The van der Waals surface area contributed by atoms with Crippen LogP contribution in [-0.4, -0.2) is 27.9 Å². The van der Waals surface area contributed by atoms with E-state index in [-0.39, 0.29) is 11.3 Å². The third-order valence-corrected chi connectivity index (χ3v) is 4.64. The lowest BCUT2D eigenvalue weighted by Gasteiger charge is -2.29. The molecule has 3 nitrogen and oxygen atoms in total. The van der Waals surface area contributed by atoms with E-state index in [1.165, 1.54) is 23.9 Å². The molecular weight excluding hydrogens is 296 g/mol. The fourth-order valence-corrected chi connectivity index (χ4v) is 3.46. The molecule has 0 amide bonds. The molecular formula is C15H19F2NO2S. The van der Waals surface area contributed by atoms with Crippen molar-refractivity contribution in [1.82, 2.24) is 5.32 Å². The quantitative estimate of drug-likeness (QED) is 0.757. The van der Waals surface area contributed by atoms with Gasteiger partial charge < -0.3 is 5.11 Å². The zero-order valence-corrected chi connectivity index (χ0v) is 12.8. The number of hydrogen-bond donors (Lipinski definition) is 2. The van der Waals surface area contributed by atoms with Crippen molar-refractivity contribution >= 4 is 17.7 Å². The first kappa shape index (κ1) is 16.2. The second kappa shape index (κ2) is 6.32. The lowest BCUT2D eigenvalue weighted by Crippen LogP contribution is -2.51. The molecule has 1 fully saturated rings. The Morgan fingerprint density at radius 3 is 2.71 bits per heavy atom. The van der Waals surface area contributed by atoms with Crippen LogP contribution in [-0.2, 0) is 4.79 Å². The smallest absolute Gasteiger partial charge is 0.323 e. The zero-order valence-electron chi connectivity index (χ0n) is 12.0. The van der Waals surface area contributed by atoms with Crippen molar-refractivity contribution in [2.75, 3.05) is 0 Å². The van der Waals surface area contributed by atoms with Gasteiger partial charge in [-0.15, -0.1) is 11.8 Å². The maximum atomic E-state index is 13.6. The average Bonchev–Trinajstić information content (AvgIpc) is 3.16. The number of benzene rings is 1. The van der Waals surface area contributed by atoms with Crippen LogP contribution in [0.1, 0.15) is 33.1 Å².